The first-order chi connectivity index (χ1) is 5.56. The van der Waals surface area contributed by atoms with Gasteiger partial charge in [0.1, 0.15) is 0 Å². The predicted molar refractivity (Wildman–Crippen MR) is 56.9 cm³/mol. The van der Waals surface area contributed by atoms with Crippen molar-refractivity contribution in [2.45, 2.75) is 41.0 Å². The van der Waals surface area contributed by atoms with E-state index in [1.807, 2.05) is 0 Å². The monoisotopic (exact) mass is 165 g/mol. The van der Waals surface area contributed by atoms with Gasteiger partial charge in [-0.25, -0.2) is 0 Å². The lowest BCUT2D eigenvalue weighted by Crippen LogP contribution is -1.85. The first-order valence-corrected chi connectivity index (χ1v) is 4.68. The van der Waals surface area contributed by atoms with Crippen LogP contribution in [0.1, 0.15) is 41.0 Å². The van der Waals surface area contributed by atoms with Crippen LogP contribution in [0.2, 0.25) is 0 Å². The lowest BCUT2D eigenvalue weighted by atomic mass is 10.0. The van der Waals surface area contributed by atoms with Crippen LogP contribution in [0.5, 0.6) is 0 Å². The number of hydrogen-bond acceptors (Lipinski definition) is 0. The van der Waals surface area contributed by atoms with Crippen molar-refractivity contribution in [1.29, 1.82) is 0 Å². The molecule has 0 saturated heterocycles. The molecule has 0 aliphatic rings. The van der Waals surface area contributed by atoms with Gasteiger partial charge in [0.05, 0.1) is 0 Å². The van der Waals surface area contributed by atoms with Crippen LogP contribution in [0.3, 0.4) is 0 Å². The van der Waals surface area contributed by atoms with Gasteiger partial charge in [-0.3, -0.25) is 0 Å². The topological polar surface area (TPSA) is 0 Å². The summed E-state index contributed by atoms with van der Waals surface area (Å²) in [5, 5.41) is 0. The molecule has 0 aromatic carbocycles. The maximum atomic E-state index is 2.33. The van der Waals surface area contributed by atoms with Gasteiger partial charge in [-0.05, 0) is 32.6 Å². The van der Waals surface area contributed by atoms with Crippen molar-refractivity contribution in [2.24, 2.45) is 5.92 Å². The Morgan fingerprint density at radius 1 is 1.17 bits per heavy atom. The van der Waals surface area contributed by atoms with Crippen LogP contribution < -0.4 is 0 Å². The fourth-order valence-corrected chi connectivity index (χ4v) is 1.41. The predicted octanol–water partition coefficient (Wildman–Crippen LogP) is 4.15. The summed E-state index contributed by atoms with van der Waals surface area (Å²) >= 11 is 0. The molecule has 0 saturated carbocycles. The highest BCUT2D eigenvalue weighted by molar-refractivity contribution is 5.14. The third-order valence-corrected chi connectivity index (χ3v) is 1.63. The zero-order chi connectivity index (χ0) is 9.56. The molecule has 0 heterocycles. The molecule has 1 radical (unpaired) electrons. The smallest absolute Gasteiger partial charge is 0.0114 e. The first-order valence-electron chi connectivity index (χ1n) is 4.68. The standard InChI is InChI=1S/C12H21/c1-6-7-11(4)9-12(5)8-10(2)3/h6-8,10H,9H2,1-5H3. The van der Waals surface area contributed by atoms with Gasteiger partial charge in [0.15, 0.2) is 0 Å². The molecule has 0 N–H and O–H groups in total. The van der Waals surface area contributed by atoms with Gasteiger partial charge >= 0.3 is 0 Å². The van der Waals surface area contributed by atoms with Gasteiger partial charge in [-0.2, -0.15) is 0 Å². The summed E-state index contributed by atoms with van der Waals surface area (Å²) in [7, 11) is 0. The van der Waals surface area contributed by atoms with Crippen molar-refractivity contribution in [1.82, 2.24) is 0 Å². The summed E-state index contributed by atoms with van der Waals surface area (Å²) in [5.41, 5.74) is 2.91. The van der Waals surface area contributed by atoms with E-state index in [-0.39, 0.29) is 0 Å². The van der Waals surface area contributed by atoms with E-state index < -0.39 is 0 Å². The Morgan fingerprint density at radius 3 is 2.17 bits per heavy atom. The Balaban J connectivity index is 4.00. The van der Waals surface area contributed by atoms with Crippen LogP contribution in [0.15, 0.2) is 23.3 Å². The minimum absolute atomic E-state index is 0.670. The Kier molecular flexibility index (Phi) is 5.79. The zero-order valence-electron chi connectivity index (χ0n) is 9.02. The van der Waals surface area contributed by atoms with Crippen molar-refractivity contribution in [2.75, 3.05) is 0 Å². The molecule has 0 fully saturated rings. The second kappa shape index (κ2) is 6.05. The van der Waals surface area contributed by atoms with Gasteiger partial charge in [-0.15, -0.1) is 0 Å². The molecule has 0 unspecified atom stereocenters. The number of allylic oxidation sites excluding steroid dienone is 4. The maximum Gasteiger partial charge on any atom is -0.0114 e. The molecule has 0 aliphatic carbocycles. The second-order valence-electron chi connectivity index (χ2n) is 3.78. The molecular formula is C12H21. The molecule has 0 aromatic rings. The van der Waals surface area contributed by atoms with Gasteiger partial charge in [0.25, 0.3) is 0 Å². The van der Waals surface area contributed by atoms with Crippen LogP contribution in [0.25, 0.3) is 0 Å². The normalized spacial score (nSPS) is 14.2. The van der Waals surface area contributed by atoms with Crippen LogP contribution in [0, 0.1) is 12.3 Å². The van der Waals surface area contributed by atoms with Crippen molar-refractivity contribution in [3.63, 3.8) is 0 Å². The lowest BCUT2D eigenvalue weighted by Gasteiger charge is -2.03. The summed E-state index contributed by atoms with van der Waals surface area (Å²) in [4.78, 5) is 0. The first kappa shape index (κ1) is 11.5. The summed E-state index contributed by atoms with van der Waals surface area (Å²) < 4.78 is 0. The average molecular weight is 165 g/mol. The molecule has 69 valence electrons. The van der Waals surface area contributed by atoms with E-state index in [4.69, 9.17) is 0 Å². The molecular weight excluding hydrogens is 144 g/mol. The van der Waals surface area contributed by atoms with E-state index >= 15 is 0 Å². The SMILES string of the molecule is C[CH]C=C(C)CC(C)=CC(C)C. The molecule has 0 aliphatic heterocycles. The molecule has 0 aromatic heterocycles. The quantitative estimate of drug-likeness (QED) is 0.549. The van der Waals surface area contributed by atoms with E-state index in [0.29, 0.717) is 5.92 Å². The molecule has 0 bridgehead atoms. The fraction of sp³-hybridized carbons (Fsp3) is 0.583. The summed E-state index contributed by atoms with van der Waals surface area (Å²) in [6.07, 6.45) is 7.71. The van der Waals surface area contributed by atoms with Crippen molar-refractivity contribution < 1.29 is 0 Å². The molecule has 0 heteroatoms. The van der Waals surface area contributed by atoms with Crippen LogP contribution >= 0.6 is 0 Å². The van der Waals surface area contributed by atoms with E-state index in [1.54, 1.807) is 0 Å². The molecule has 12 heavy (non-hydrogen) atoms. The highest BCUT2D eigenvalue weighted by Crippen LogP contribution is 2.12. The van der Waals surface area contributed by atoms with Gasteiger partial charge < -0.3 is 0 Å². The van der Waals surface area contributed by atoms with Crippen molar-refractivity contribution in [3.8, 4) is 0 Å². The molecule has 0 amide bonds. The molecule has 0 spiro atoms. The molecule has 0 rings (SSSR count). The maximum absolute atomic E-state index is 2.33. The molecule has 0 atom stereocenters. The zero-order valence-corrected chi connectivity index (χ0v) is 9.02. The lowest BCUT2D eigenvalue weighted by molar-refractivity contribution is 0.815. The van der Waals surface area contributed by atoms with E-state index in [9.17, 15) is 0 Å². The molecule has 0 nitrogen and oxygen atoms in total. The Hall–Kier alpha value is -0.520. The summed E-state index contributed by atoms with van der Waals surface area (Å²) in [6.45, 7) is 10.9. The summed E-state index contributed by atoms with van der Waals surface area (Å²) in [5.74, 6) is 0.670. The highest BCUT2D eigenvalue weighted by atomic mass is 14.0. The minimum atomic E-state index is 0.670. The third-order valence-electron chi connectivity index (χ3n) is 1.63. The average Bonchev–Trinajstić information content (AvgIpc) is 1.84. The fourth-order valence-electron chi connectivity index (χ4n) is 1.41. The Bertz CT molecular complexity index is 170. The van der Waals surface area contributed by atoms with E-state index in [1.165, 1.54) is 11.1 Å². The third kappa shape index (κ3) is 6.21. The van der Waals surface area contributed by atoms with Crippen LogP contribution in [-0.2, 0) is 0 Å². The van der Waals surface area contributed by atoms with Gasteiger partial charge in [0.2, 0.25) is 0 Å². The van der Waals surface area contributed by atoms with Crippen LogP contribution in [0.4, 0.5) is 0 Å². The Labute approximate surface area is 77.4 Å². The van der Waals surface area contributed by atoms with Crippen LogP contribution in [-0.4, -0.2) is 0 Å². The number of rotatable bonds is 4. The Morgan fingerprint density at radius 2 is 1.75 bits per heavy atom. The highest BCUT2D eigenvalue weighted by Gasteiger charge is 1.93. The number of hydrogen-bond donors (Lipinski definition) is 0. The largest absolute Gasteiger partial charge is 0.0827 e. The van der Waals surface area contributed by atoms with Crippen molar-refractivity contribution in [3.05, 3.63) is 29.7 Å². The van der Waals surface area contributed by atoms with Gasteiger partial charge in [0, 0.05) is 0 Å². The van der Waals surface area contributed by atoms with E-state index in [0.717, 1.165) is 6.42 Å². The second-order valence-corrected chi connectivity index (χ2v) is 3.78. The summed E-state index contributed by atoms with van der Waals surface area (Å²) in [6, 6.07) is 0. The minimum Gasteiger partial charge on any atom is -0.0827 e. The van der Waals surface area contributed by atoms with Crippen molar-refractivity contribution >= 4 is 0 Å². The van der Waals surface area contributed by atoms with Gasteiger partial charge in [-0.1, -0.05) is 44.1 Å². The van der Waals surface area contributed by atoms with E-state index in [2.05, 4.69) is 53.2 Å².